The van der Waals surface area contributed by atoms with Gasteiger partial charge in [0.25, 0.3) is 5.56 Å². The molecule has 166 valence electrons. The SMILES string of the molecule is COc1ccccc1-n1c(SCC(=O)N2CCCC(C(N)=O)C2)nc2ccccc2c1=O. The standard InChI is InChI=1S/C23H24N4O4S/c1-31-19-11-5-4-10-18(19)27-22(30)16-8-2-3-9-17(16)25-23(27)32-14-20(28)26-12-6-7-15(13-26)21(24)29/h2-5,8-11,15H,6-7,12-14H2,1H3,(H2,24,29). The molecular weight excluding hydrogens is 428 g/mol. The highest BCUT2D eigenvalue weighted by atomic mass is 32.2. The number of carbonyl (C=O) groups is 2. The molecule has 0 aliphatic carbocycles. The molecule has 1 saturated heterocycles. The summed E-state index contributed by atoms with van der Waals surface area (Å²) in [6.45, 7) is 0.923. The van der Waals surface area contributed by atoms with Crippen LogP contribution in [0.1, 0.15) is 12.8 Å². The number of para-hydroxylation sites is 3. The number of nitrogens with zero attached hydrogens (tertiary/aromatic N) is 3. The zero-order valence-corrected chi connectivity index (χ0v) is 18.5. The maximum absolute atomic E-state index is 13.4. The Hall–Kier alpha value is -3.33. The van der Waals surface area contributed by atoms with E-state index in [-0.39, 0.29) is 29.0 Å². The fourth-order valence-electron chi connectivity index (χ4n) is 3.89. The van der Waals surface area contributed by atoms with Gasteiger partial charge < -0.3 is 15.4 Å². The van der Waals surface area contributed by atoms with Crippen LogP contribution in [-0.4, -0.2) is 52.2 Å². The molecular formula is C23H24N4O4S. The van der Waals surface area contributed by atoms with E-state index in [4.69, 9.17) is 10.5 Å². The van der Waals surface area contributed by atoms with Crippen molar-refractivity contribution in [3.8, 4) is 11.4 Å². The van der Waals surface area contributed by atoms with Crippen LogP contribution in [0, 0.1) is 5.92 Å². The van der Waals surface area contributed by atoms with Crippen molar-refractivity contribution >= 4 is 34.5 Å². The molecule has 0 spiro atoms. The van der Waals surface area contributed by atoms with Crippen LogP contribution < -0.4 is 16.0 Å². The number of aromatic nitrogens is 2. The van der Waals surface area contributed by atoms with Crippen molar-refractivity contribution in [1.82, 2.24) is 14.5 Å². The number of hydrogen-bond acceptors (Lipinski definition) is 6. The van der Waals surface area contributed by atoms with Crippen LogP contribution in [0.2, 0.25) is 0 Å². The number of piperidine rings is 1. The molecule has 1 atom stereocenters. The number of likely N-dealkylation sites (tertiary alicyclic amines) is 1. The van der Waals surface area contributed by atoms with Gasteiger partial charge in [0.15, 0.2) is 5.16 Å². The smallest absolute Gasteiger partial charge is 0.266 e. The van der Waals surface area contributed by atoms with Gasteiger partial charge >= 0.3 is 0 Å². The summed E-state index contributed by atoms with van der Waals surface area (Å²) in [6.07, 6.45) is 1.44. The Balaban J connectivity index is 1.68. The number of thioether (sulfide) groups is 1. The van der Waals surface area contributed by atoms with Gasteiger partial charge in [-0.15, -0.1) is 0 Å². The average molecular weight is 453 g/mol. The number of hydrogen-bond donors (Lipinski definition) is 1. The van der Waals surface area contributed by atoms with Gasteiger partial charge in [-0.3, -0.25) is 19.0 Å². The maximum Gasteiger partial charge on any atom is 0.266 e. The van der Waals surface area contributed by atoms with Crippen LogP contribution in [0.3, 0.4) is 0 Å². The van der Waals surface area contributed by atoms with Crippen molar-refractivity contribution in [1.29, 1.82) is 0 Å². The number of amides is 2. The van der Waals surface area contributed by atoms with Gasteiger partial charge in [-0.1, -0.05) is 36.0 Å². The molecule has 0 saturated carbocycles. The quantitative estimate of drug-likeness (QED) is 0.454. The zero-order chi connectivity index (χ0) is 22.7. The van der Waals surface area contributed by atoms with Crippen LogP contribution >= 0.6 is 11.8 Å². The molecule has 2 amide bonds. The van der Waals surface area contributed by atoms with Gasteiger partial charge in [0, 0.05) is 13.1 Å². The second-order valence-corrected chi connectivity index (χ2v) is 8.54. The topological polar surface area (TPSA) is 108 Å². The summed E-state index contributed by atoms with van der Waals surface area (Å²) >= 11 is 1.19. The summed E-state index contributed by atoms with van der Waals surface area (Å²) < 4.78 is 6.95. The molecule has 8 nitrogen and oxygen atoms in total. The molecule has 32 heavy (non-hydrogen) atoms. The van der Waals surface area contributed by atoms with Gasteiger partial charge in [0.2, 0.25) is 11.8 Å². The fourth-order valence-corrected chi connectivity index (χ4v) is 4.80. The molecule has 1 fully saturated rings. The van der Waals surface area contributed by atoms with Crippen molar-refractivity contribution in [2.75, 3.05) is 26.0 Å². The minimum absolute atomic E-state index is 0.0887. The highest BCUT2D eigenvalue weighted by Gasteiger charge is 2.27. The summed E-state index contributed by atoms with van der Waals surface area (Å²) in [5.41, 5.74) is 6.32. The first kappa shape index (κ1) is 21.9. The first-order valence-electron chi connectivity index (χ1n) is 10.3. The van der Waals surface area contributed by atoms with E-state index in [1.54, 1.807) is 42.3 Å². The summed E-state index contributed by atoms with van der Waals surface area (Å²) in [4.78, 5) is 44.1. The van der Waals surface area contributed by atoms with Crippen molar-refractivity contribution in [3.63, 3.8) is 0 Å². The Kier molecular flexibility index (Phi) is 6.45. The molecule has 3 aromatic rings. The van der Waals surface area contributed by atoms with Crippen molar-refractivity contribution < 1.29 is 14.3 Å². The average Bonchev–Trinajstić information content (AvgIpc) is 2.82. The molecule has 2 aromatic carbocycles. The summed E-state index contributed by atoms with van der Waals surface area (Å²) in [5.74, 6) is -0.194. The van der Waals surface area contributed by atoms with Gasteiger partial charge in [-0.2, -0.15) is 0 Å². The number of methoxy groups -OCH3 is 1. The first-order valence-corrected chi connectivity index (χ1v) is 11.3. The fraction of sp³-hybridized carbons (Fsp3) is 0.304. The van der Waals surface area contributed by atoms with Crippen LogP contribution in [0.15, 0.2) is 58.5 Å². The van der Waals surface area contributed by atoms with Crippen LogP contribution in [0.25, 0.3) is 16.6 Å². The van der Waals surface area contributed by atoms with Gasteiger partial charge in [0.05, 0.1) is 35.4 Å². The number of rotatable bonds is 6. The van der Waals surface area contributed by atoms with Crippen molar-refractivity contribution in [3.05, 3.63) is 58.9 Å². The highest BCUT2D eigenvalue weighted by molar-refractivity contribution is 7.99. The lowest BCUT2D eigenvalue weighted by atomic mass is 9.97. The highest BCUT2D eigenvalue weighted by Crippen LogP contribution is 2.27. The number of nitrogens with two attached hydrogens (primary N) is 1. The van der Waals surface area contributed by atoms with E-state index >= 15 is 0 Å². The Morgan fingerprint density at radius 2 is 1.94 bits per heavy atom. The van der Waals surface area contributed by atoms with E-state index < -0.39 is 0 Å². The Labute approximate surface area is 189 Å². The largest absolute Gasteiger partial charge is 0.495 e. The second kappa shape index (κ2) is 9.44. The van der Waals surface area contributed by atoms with Crippen LogP contribution in [0.4, 0.5) is 0 Å². The Bertz CT molecular complexity index is 1230. The maximum atomic E-state index is 13.4. The first-order chi connectivity index (χ1) is 15.5. The van der Waals surface area contributed by atoms with E-state index in [2.05, 4.69) is 4.98 Å². The third-order valence-corrected chi connectivity index (χ3v) is 6.50. The number of benzene rings is 2. The van der Waals surface area contributed by atoms with Gasteiger partial charge in [-0.05, 0) is 37.1 Å². The molecule has 1 unspecified atom stereocenters. The van der Waals surface area contributed by atoms with E-state index in [0.29, 0.717) is 47.0 Å². The van der Waals surface area contributed by atoms with Crippen molar-refractivity contribution in [2.45, 2.75) is 18.0 Å². The molecule has 1 aliphatic heterocycles. The summed E-state index contributed by atoms with van der Waals surface area (Å²) in [7, 11) is 1.54. The van der Waals surface area contributed by atoms with Gasteiger partial charge in [0.1, 0.15) is 5.75 Å². The molecule has 0 bridgehead atoms. The van der Waals surface area contributed by atoms with E-state index in [1.165, 1.54) is 16.3 Å². The third kappa shape index (κ3) is 4.34. The van der Waals surface area contributed by atoms with Crippen molar-refractivity contribution in [2.24, 2.45) is 11.7 Å². The predicted octanol–water partition coefficient (Wildman–Crippen LogP) is 2.21. The second-order valence-electron chi connectivity index (χ2n) is 7.59. The van der Waals surface area contributed by atoms with Crippen LogP contribution in [-0.2, 0) is 9.59 Å². The molecule has 4 rings (SSSR count). The number of ether oxygens (including phenoxy) is 1. The van der Waals surface area contributed by atoms with Gasteiger partial charge in [-0.25, -0.2) is 4.98 Å². The predicted molar refractivity (Wildman–Crippen MR) is 123 cm³/mol. The monoisotopic (exact) mass is 452 g/mol. The zero-order valence-electron chi connectivity index (χ0n) is 17.7. The normalized spacial score (nSPS) is 16.2. The van der Waals surface area contributed by atoms with Crippen LogP contribution in [0.5, 0.6) is 5.75 Å². The molecule has 9 heteroatoms. The molecule has 1 aromatic heterocycles. The molecule has 2 heterocycles. The number of fused-ring (bicyclic) bond motifs is 1. The third-order valence-electron chi connectivity index (χ3n) is 5.57. The minimum atomic E-state index is -0.378. The Morgan fingerprint density at radius 1 is 1.19 bits per heavy atom. The number of primary amides is 1. The molecule has 2 N–H and O–H groups in total. The van der Waals surface area contributed by atoms with E-state index in [9.17, 15) is 14.4 Å². The summed E-state index contributed by atoms with van der Waals surface area (Å²) in [6, 6.07) is 14.3. The lowest BCUT2D eigenvalue weighted by Crippen LogP contribution is -2.44. The van der Waals surface area contributed by atoms with E-state index in [0.717, 1.165) is 6.42 Å². The minimum Gasteiger partial charge on any atom is -0.495 e. The molecule has 0 radical (unpaired) electrons. The Morgan fingerprint density at radius 3 is 2.72 bits per heavy atom. The molecule has 1 aliphatic rings. The lowest BCUT2D eigenvalue weighted by molar-refractivity contribution is -0.132. The summed E-state index contributed by atoms with van der Waals surface area (Å²) in [5, 5.41) is 0.879. The lowest BCUT2D eigenvalue weighted by Gasteiger charge is -2.31. The van der Waals surface area contributed by atoms with E-state index in [1.807, 2.05) is 18.2 Å². The number of carbonyl (C=O) groups excluding carboxylic acids is 2.